The molecule has 1 N–H and O–H groups in total. The van der Waals surface area contributed by atoms with E-state index in [0.29, 0.717) is 29.8 Å². The molecule has 27 heavy (non-hydrogen) atoms. The maximum atomic E-state index is 13.7. The number of halogens is 4. The number of hydrogen-bond acceptors (Lipinski definition) is 3. The van der Waals surface area contributed by atoms with E-state index in [2.05, 4.69) is 15.5 Å². The van der Waals surface area contributed by atoms with E-state index < -0.39 is 29.3 Å². The Morgan fingerprint density at radius 1 is 0.815 bits per heavy atom. The summed E-state index contributed by atoms with van der Waals surface area (Å²) in [4.78, 5) is 0. The van der Waals surface area contributed by atoms with Crippen LogP contribution in [0.15, 0.2) is 48.5 Å². The molecule has 3 aromatic rings. The van der Waals surface area contributed by atoms with Gasteiger partial charge in [0.1, 0.15) is 5.82 Å². The van der Waals surface area contributed by atoms with E-state index in [9.17, 15) is 17.6 Å². The molecule has 7 heteroatoms. The Balaban J connectivity index is 1.82. The SMILES string of the molecule is Cc1ccc(NC(CCc2ccc(F)c(F)c2)c2ccc(F)c(F)c2)nn1. The van der Waals surface area contributed by atoms with E-state index in [1.165, 1.54) is 12.1 Å². The van der Waals surface area contributed by atoms with Crippen molar-refractivity contribution >= 4 is 5.82 Å². The van der Waals surface area contributed by atoms with Gasteiger partial charge in [0, 0.05) is 0 Å². The fraction of sp³-hybridized carbons (Fsp3) is 0.200. The van der Waals surface area contributed by atoms with Crippen molar-refractivity contribution in [2.45, 2.75) is 25.8 Å². The van der Waals surface area contributed by atoms with Gasteiger partial charge in [-0.3, -0.25) is 0 Å². The summed E-state index contributed by atoms with van der Waals surface area (Å²) in [5.74, 6) is -3.26. The minimum Gasteiger partial charge on any atom is -0.362 e. The second kappa shape index (κ2) is 8.16. The highest BCUT2D eigenvalue weighted by Crippen LogP contribution is 2.25. The molecule has 0 bridgehead atoms. The lowest BCUT2D eigenvalue weighted by Gasteiger charge is -2.20. The molecule has 0 saturated carbocycles. The van der Waals surface area contributed by atoms with E-state index in [-0.39, 0.29) is 0 Å². The average Bonchev–Trinajstić information content (AvgIpc) is 2.65. The Labute approximate surface area is 154 Å². The van der Waals surface area contributed by atoms with Crippen LogP contribution in [-0.4, -0.2) is 10.2 Å². The maximum absolute atomic E-state index is 13.7. The zero-order valence-electron chi connectivity index (χ0n) is 14.5. The third-order valence-corrected chi connectivity index (χ3v) is 4.17. The van der Waals surface area contributed by atoms with Gasteiger partial charge < -0.3 is 5.32 Å². The first-order valence-electron chi connectivity index (χ1n) is 8.38. The van der Waals surface area contributed by atoms with E-state index in [4.69, 9.17) is 0 Å². The molecule has 3 rings (SSSR count). The second-order valence-electron chi connectivity index (χ2n) is 6.22. The largest absolute Gasteiger partial charge is 0.362 e. The normalized spacial score (nSPS) is 12.0. The molecular formula is C20H17F4N3. The fourth-order valence-corrected chi connectivity index (χ4v) is 2.71. The first kappa shape index (κ1) is 18.8. The highest BCUT2D eigenvalue weighted by molar-refractivity contribution is 5.38. The minimum absolute atomic E-state index is 0.396. The minimum atomic E-state index is -0.956. The van der Waals surface area contributed by atoms with E-state index >= 15 is 0 Å². The summed E-state index contributed by atoms with van der Waals surface area (Å²) >= 11 is 0. The topological polar surface area (TPSA) is 37.8 Å². The molecule has 0 aliphatic carbocycles. The molecule has 0 amide bonds. The molecule has 1 unspecified atom stereocenters. The molecule has 2 aromatic carbocycles. The number of benzene rings is 2. The number of nitrogens with zero attached hydrogens (tertiary/aromatic N) is 2. The van der Waals surface area contributed by atoms with Crippen molar-refractivity contribution < 1.29 is 17.6 Å². The van der Waals surface area contributed by atoms with Crippen molar-refractivity contribution in [1.29, 1.82) is 0 Å². The number of aromatic nitrogens is 2. The van der Waals surface area contributed by atoms with E-state index in [1.54, 1.807) is 19.1 Å². The highest BCUT2D eigenvalue weighted by Gasteiger charge is 2.16. The van der Waals surface area contributed by atoms with Crippen LogP contribution in [0.25, 0.3) is 0 Å². The predicted molar refractivity (Wildman–Crippen MR) is 94.2 cm³/mol. The molecule has 1 heterocycles. The summed E-state index contributed by atoms with van der Waals surface area (Å²) in [6, 6.07) is 10.4. The van der Waals surface area contributed by atoms with Crippen LogP contribution in [0.3, 0.4) is 0 Å². The van der Waals surface area contributed by atoms with Gasteiger partial charge >= 0.3 is 0 Å². The van der Waals surface area contributed by atoms with Gasteiger partial charge in [-0.25, -0.2) is 17.6 Å². The highest BCUT2D eigenvalue weighted by atomic mass is 19.2. The molecular weight excluding hydrogens is 358 g/mol. The molecule has 1 aromatic heterocycles. The van der Waals surface area contributed by atoms with Gasteiger partial charge in [0.2, 0.25) is 0 Å². The fourth-order valence-electron chi connectivity index (χ4n) is 2.71. The van der Waals surface area contributed by atoms with Crippen LogP contribution in [0.5, 0.6) is 0 Å². The van der Waals surface area contributed by atoms with Crippen molar-refractivity contribution in [1.82, 2.24) is 10.2 Å². The van der Waals surface area contributed by atoms with Gasteiger partial charge in [-0.05, 0) is 67.3 Å². The molecule has 0 aliphatic rings. The Kier molecular flexibility index (Phi) is 5.69. The zero-order chi connectivity index (χ0) is 19.4. The molecule has 0 radical (unpaired) electrons. The van der Waals surface area contributed by atoms with Crippen molar-refractivity contribution in [3.05, 3.63) is 88.6 Å². The van der Waals surface area contributed by atoms with Gasteiger partial charge in [-0.1, -0.05) is 12.1 Å². The van der Waals surface area contributed by atoms with Crippen LogP contribution >= 0.6 is 0 Å². The number of nitrogens with one attached hydrogen (secondary N) is 1. The van der Waals surface area contributed by atoms with E-state index in [1.807, 2.05) is 0 Å². The number of anilines is 1. The third kappa shape index (κ3) is 4.81. The Hall–Kier alpha value is -2.96. The monoisotopic (exact) mass is 375 g/mol. The van der Waals surface area contributed by atoms with Crippen LogP contribution in [0.2, 0.25) is 0 Å². The van der Waals surface area contributed by atoms with Crippen molar-refractivity contribution in [3.8, 4) is 0 Å². The lowest BCUT2D eigenvalue weighted by atomic mass is 9.98. The van der Waals surface area contributed by atoms with Gasteiger partial charge in [0.15, 0.2) is 23.3 Å². The summed E-state index contributed by atoms with van der Waals surface area (Å²) in [6.45, 7) is 1.80. The molecule has 140 valence electrons. The van der Waals surface area contributed by atoms with Crippen molar-refractivity contribution in [3.63, 3.8) is 0 Å². The Morgan fingerprint density at radius 2 is 1.52 bits per heavy atom. The molecule has 0 fully saturated rings. The van der Waals surface area contributed by atoms with E-state index in [0.717, 1.165) is 30.0 Å². The molecule has 0 saturated heterocycles. The lowest BCUT2D eigenvalue weighted by Crippen LogP contribution is -2.14. The third-order valence-electron chi connectivity index (χ3n) is 4.17. The summed E-state index contributed by atoms with van der Waals surface area (Å²) in [6.07, 6.45) is 0.818. The van der Waals surface area contributed by atoms with Crippen LogP contribution in [0.1, 0.15) is 29.3 Å². The maximum Gasteiger partial charge on any atom is 0.159 e. The lowest BCUT2D eigenvalue weighted by molar-refractivity contribution is 0.504. The van der Waals surface area contributed by atoms with Gasteiger partial charge in [-0.15, -0.1) is 5.10 Å². The summed E-state index contributed by atoms with van der Waals surface area (Å²) < 4.78 is 53.4. The smallest absolute Gasteiger partial charge is 0.159 e. The van der Waals surface area contributed by atoms with Crippen LogP contribution < -0.4 is 5.32 Å². The Morgan fingerprint density at radius 3 is 2.15 bits per heavy atom. The predicted octanol–water partition coefficient (Wildman–Crippen LogP) is 5.13. The summed E-state index contributed by atoms with van der Waals surface area (Å²) in [7, 11) is 0. The first-order valence-corrected chi connectivity index (χ1v) is 8.38. The quantitative estimate of drug-likeness (QED) is 0.607. The van der Waals surface area contributed by atoms with Gasteiger partial charge in [0.05, 0.1) is 11.7 Å². The van der Waals surface area contributed by atoms with Crippen LogP contribution in [0, 0.1) is 30.2 Å². The van der Waals surface area contributed by atoms with Crippen LogP contribution in [0.4, 0.5) is 23.4 Å². The average molecular weight is 375 g/mol. The van der Waals surface area contributed by atoms with Gasteiger partial charge in [-0.2, -0.15) is 5.10 Å². The van der Waals surface area contributed by atoms with Crippen LogP contribution in [-0.2, 0) is 6.42 Å². The molecule has 0 spiro atoms. The molecule has 0 aliphatic heterocycles. The number of rotatable bonds is 6. The first-order chi connectivity index (χ1) is 12.9. The Bertz CT molecular complexity index is 929. The van der Waals surface area contributed by atoms with Crippen molar-refractivity contribution in [2.75, 3.05) is 5.32 Å². The summed E-state index contributed by atoms with van der Waals surface area (Å²) in [5.41, 5.74) is 1.85. The standard InChI is InChI=1S/C20H17F4N3/c1-12-2-9-20(27-26-12)25-19(14-5-7-16(22)18(24)11-14)8-4-13-3-6-15(21)17(23)10-13/h2-3,5-7,9-11,19H,4,8H2,1H3,(H,25,27). The molecule has 1 atom stereocenters. The molecule has 3 nitrogen and oxygen atoms in total. The zero-order valence-corrected chi connectivity index (χ0v) is 14.5. The number of aryl methyl sites for hydroxylation is 2. The number of hydrogen-bond donors (Lipinski definition) is 1. The summed E-state index contributed by atoms with van der Waals surface area (Å²) in [5, 5.41) is 11.1. The second-order valence-corrected chi connectivity index (χ2v) is 6.22. The van der Waals surface area contributed by atoms with Crippen molar-refractivity contribution in [2.24, 2.45) is 0 Å². The van der Waals surface area contributed by atoms with Gasteiger partial charge in [0.25, 0.3) is 0 Å².